The van der Waals surface area contributed by atoms with Gasteiger partial charge in [-0.3, -0.25) is 4.21 Å². The number of benzene rings is 2. The second-order valence-electron chi connectivity index (χ2n) is 3.80. The summed E-state index contributed by atoms with van der Waals surface area (Å²) in [5.74, 6) is -0.127. The molecule has 0 aliphatic rings. The molecule has 1 atom stereocenters. The molecule has 0 spiro atoms. The second kappa shape index (κ2) is 5.58. The highest BCUT2D eigenvalue weighted by Gasteiger charge is 2.05. The van der Waals surface area contributed by atoms with Crippen molar-refractivity contribution in [2.45, 2.75) is 5.75 Å². The minimum atomic E-state index is -2.18. The maximum absolute atomic E-state index is 10.7. The number of hydrogen-bond acceptors (Lipinski definition) is 3. The van der Waals surface area contributed by atoms with Crippen LogP contribution in [0, 0.1) is 11.3 Å². The first-order valence-electron chi connectivity index (χ1n) is 5.35. The van der Waals surface area contributed by atoms with Crippen LogP contribution in [0.5, 0.6) is 0 Å². The van der Waals surface area contributed by atoms with Crippen LogP contribution in [0.3, 0.4) is 0 Å². The van der Waals surface area contributed by atoms with Crippen LogP contribution in [0.2, 0.25) is 0 Å². The fourth-order valence-electron chi connectivity index (χ4n) is 1.74. The second-order valence-corrected chi connectivity index (χ2v) is 4.69. The minimum absolute atomic E-state index is 0.127. The monoisotopic (exact) mass is 256 g/mol. The third kappa shape index (κ3) is 2.83. The van der Waals surface area contributed by atoms with Crippen LogP contribution in [-0.2, 0) is 16.8 Å². The molecule has 0 fully saturated rings. The first-order chi connectivity index (χ1) is 8.70. The highest BCUT2D eigenvalue weighted by atomic mass is 32.2. The lowest BCUT2D eigenvalue weighted by atomic mass is 10.0. The van der Waals surface area contributed by atoms with E-state index in [1.807, 2.05) is 42.5 Å². The predicted octanol–water partition coefficient (Wildman–Crippen LogP) is 2.60. The number of nitriles is 1. The average molecular weight is 256 g/mol. The molecule has 0 aliphatic carbocycles. The summed E-state index contributed by atoms with van der Waals surface area (Å²) >= 11 is -2.18. The van der Waals surface area contributed by atoms with E-state index in [4.69, 9.17) is 5.26 Å². The summed E-state index contributed by atoms with van der Waals surface area (Å²) in [6.45, 7) is 0. The molecule has 0 amide bonds. The van der Waals surface area contributed by atoms with Crippen molar-refractivity contribution in [2.75, 3.05) is 0 Å². The number of rotatable bonds is 3. The zero-order chi connectivity index (χ0) is 13.0. The molecular formula is C14H10NO2S-. The third-order valence-corrected chi connectivity index (χ3v) is 3.16. The molecule has 2 rings (SSSR count). The van der Waals surface area contributed by atoms with E-state index in [1.54, 1.807) is 12.1 Å². The standard InChI is InChI=1S/C14H11NO2S/c15-9-14-8-12(11-4-2-1-3-5-11)6-7-13(14)10-18(16)17/h1-8H,10H2,(H,16,17)/p-1. The summed E-state index contributed by atoms with van der Waals surface area (Å²) in [6.07, 6.45) is 0. The average Bonchev–Trinajstić information content (AvgIpc) is 2.39. The predicted molar refractivity (Wildman–Crippen MR) is 69.2 cm³/mol. The maximum Gasteiger partial charge on any atom is 0.0995 e. The Balaban J connectivity index is 2.43. The fraction of sp³-hybridized carbons (Fsp3) is 0.0714. The van der Waals surface area contributed by atoms with E-state index < -0.39 is 11.1 Å². The van der Waals surface area contributed by atoms with E-state index in [9.17, 15) is 8.76 Å². The van der Waals surface area contributed by atoms with Gasteiger partial charge in [0.25, 0.3) is 0 Å². The molecule has 0 radical (unpaired) electrons. The van der Waals surface area contributed by atoms with Crippen LogP contribution < -0.4 is 0 Å². The Kier molecular flexibility index (Phi) is 3.88. The molecule has 0 saturated heterocycles. The molecule has 0 N–H and O–H groups in total. The Morgan fingerprint density at radius 1 is 1.11 bits per heavy atom. The molecular weight excluding hydrogens is 246 g/mol. The van der Waals surface area contributed by atoms with Gasteiger partial charge in [0, 0.05) is 5.75 Å². The Hall–Kier alpha value is -1.96. The summed E-state index contributed by atoms with van der Waals surface area (Å²) in [6, 6.07) is 16.9. The quantitative estimate of drug-likeness (QED) is 0.793. The first-order valence-corrected chi connectivity index (χ1v) is 6.59. The molecule has 18 heavy (non-hydrogen) atoms. The molecule has 0 aliphatic heterocycles. The Morgan fingerprint density at radius 3 is 2.44 bits per heavy atom. The van der Waals surface area contributed by atoms with Gasteiger partial charge in [-0.15, -0.1) is 0 Å². The van der Waals surface area contributed by atoms with Crippen molar-refractivity contribution >= 4 is 11.1 Å². The van der Waals surface area contributed by atoms with Crippen LogP contribution >= 0.6 is 0 Å². The van der Waals surface area contributed by atoms with Crippen molar-refractivity contribution in [3.05, 3.63) is 59.7 Å². The van der Waals surface area contributed by atoms with E-state index in [0.717, 1.165) is 11.1 Å². The smallest absolute Gasteiger partial charge is 0.0995 e. The zero-order valence-corrected chi connectivity index (χ0v) is 10.3. The summed E-state index contributed by atoms with van der Waals surface area (Å²) in [4.78, 5) is 0. The largest absolute Gasteiger partial charge is 0.772 e. The zero-order valence-electron chi connectivity index (χ0n) is 9.50. The van der Waals surface area contributed by atoms with Gasteiger partial charge in [-0.25, -0.2) is 0 Å². The summed E-state index contributed by atoms with van der Waals surface area (Å²) in [5, 5.41) is 9.05. The van der Waals surface area contributed by atoms with Gasteiger partial charge in [-0.2, -0.15) is 5.26 Å². The van der Waals surface area contributed by atoms with Gasteiger partial charge < -0.3 is 4.55 Å². The Bertz CT molecular complexity index is 617. The van der Waals surface area contributed by atoms with Crippen molar-refractivity contribution < 1.29 is 8.76 Å². The van der Waals surface area contributed by atoms with E-state index in [1.165, 1.54) is 0 Å². The number of nitrogens with zero attached hydrogens (tertiary/aromatic N) is 1. The van der Waals surface area contributed by atoms with Gasteiger partial charge in [0.05, 0.1) is 11.6 Å². The van der Waals surface area contributed by atoms with Crippen molar-refractivity contribution in [3.63, 3.8) is 0 Å². The van der Waals surface area contributed by atoms with Crippen molar-refractivity contribution in [1.29, 1.82) is 5.26 Å². The van der Waals surface area contributed by atoms with Crippen LogP contribution in [0.4, 0.5) is 0 Å². The van der Waals surface area contributed by atoms with E-state index in [0.29, 0.717) is 11.1 Å². The lowest BCUT2D eigenvalue weighted by Gasteiger charge is -2.09. The number of hydrogen-bond donors (Lipinski definition) is 0. The van der Waals surface area contributed by atoms with Gasteiger partial charge in [-0.1, -0.05) is 53.5 Å². The van der Waals surface area contributed by atoms with E-state index >= 15 is 0 Å². The van der Waals surface area contributed by atoms with Gasteiger partial charge in [-0.05, 0) is 22.8 Å². The Morgan fingerprint density at radius 2 is 1.83 bits per heavy atom. The molecule has 1 unspecified atom stereocenters. The maximum atomic E-state index is 10.7. The molecule has 90 valence electrons. The van der Waals surface area contributed by atoms with Crippen LogP contribution in [-0.4, -0.2) is 8.76 Å². The molecule has 2 aromatic carbocycles. The lowest BCUT2D eigenvalue weighted by Crippen LogP contribution is -1.97. The summed E-state index contributed by atoms with van der Waals surface area (Å²) in [5.41, 5.74) is 2.85. The highest BCUT2D eigenvalue weighted by Crippen LogP contribution is 2.22. The molecule has 4 heteroatoms. The summed E-state index contributed by atoms with van der Waals surface area (Å²) in [7, 11) is 0. The normalized spacial score (nSPS) is 11.8. The van der Waals surface area contributed by atoms with Crippen LogP contribution in [0.15, 0.2) is 48.5 Å². The van der Waals surface area contributed by atoms with Crippen LogP contribution in [0.1, 0.15) is 11.1 Å². The minimum Gasteiger partial charge on any atom is -0.772 e. The van der Waals surface area contributed by atoms with Crippen LogP contribution in [0.25, 0.3) is 11.1 Å². The van der Waals surface area contributed by atoms with Gasteiger partial charge >= 0.3 is 0 Å². The van der Waals surface area contributed by atoms with E-state index in [2.05, 4.69) is 0 Å². The lowest BCUT2D eigenvalue weighted by molar-refractivity contribution is 0.536. The highest BCUT2D eigenvalue weighted by molar-refractivity contribution is 7.78. The fourth-order valence-corrected chi connectivity index (χ4v) is 2.25. The van der Waals surface area contributed by atoms with Gasteiger partial charge in [0.1, 0.15) is 0 Å². The molecule has 2 aromatic rings. The first kappa shape index (κ1) is 12.5. The topological polar surface area (TPSA) is 63.9 Å². The van der Waals surface area contributed by atoms with Gasteiger partial charge in [0.2, 0.25) is 0 Å². The summed E-state index contributed by atoms with van der Waals surface area (Å²) < 4.78 is 21.4. The van der Waals surface area contributed by atoms with Crippen molar-refractivity contribution in [3.8, 4) is 17.2 Å². The molecule has 0 aromatic heterocycles. The molecule has 0 heterocycles. The van der Waals surface area contributed by atoms with E-state index in [-0.39, 0.29) is 5.75 Å². The molecule has 0 bridgehead atoms. The van der Waals surface area contributed by atoms with Gasteiger partial charge in [0.15, 0.2) is 0 Å². The van der Waals surface area contributed by atoms with Crippen molar-refractivity contribution in [1.82, 2.24) is 0 Å². The Labute approximate surface area is 108 Å². The molecule has 0 saturated carbocycles. The van der Waals surface area contributed by atoms with Crippen molar-refractivity contribution in [2.24, 2.45) is 0 Å². The SMILES string of the molecule is N#Cc1cc(-c2ccccc2)ccc1CS(=O)[O-]. The molecule has 3 nitrogen and oxygen atoms in total. The third-order valence-electron chi connectivity index (χ3n) is 2.61.